The van der Waals surface area contributed by atoms with Crippen molar-refractivity contribution in [2.24, 2.45) is 0 Å². The highest BCUT2D eigenvalue weighted by molar-refractivity contribution is 6.29. The fourth-order valence-corrected chi connectivity index (χ4v) is 1.41. The fraction of sp³-hybridized carbons (Fsp3) is 0.417. The first-order chi connectivity index (χ1) is 8.19. The minimum atomic E-state index is -0.261. The average Bonchev–Trinajstić information content (AvgIpc) is 2.29. The average molecular weight is 258 g/mol. The lowest BCUT2D eigenvalue weighted by Crippen LogP contribution is -2.12. The topological polar surface area (TPSA) is 47.6 Å². The van der Waals surface area contributed by atoms with E-state index in [4.69, 9.17) is 21.1 Å². The van der Waals surface area contributed by atoms with Crippen LogP contribution in [0.15, 0.2) is 18.2 Å². The Morgan fingerprint density at radius 3 is 2.12 bits per heavy atom. The van der Waals surface area contributed by atoms with Crippen LogP contribution in [0, 0.1) is 0 Å². The number of anilines is 1. The lowest BCUT2D eigenvalue weighted by molar-refractivity contribution is -0.113. The largest absolute Gasteiger partial charge is 0.494 e. The van der Waals surface area contributed by atoms with E-state index < -0.39 is 0 Å². The summed E-state index contributed by atoms with van der Waals surface area (Å²) in [7, 11) is 0. The van der Waals surface area contributed by atoms with E-state index in [-0.39, 0.29) is 11.8 Å². The molecule has 0 saturated carbocycles. The van der Waals surface area contributed by atoms with Gasteiger partial charge in [0.05, 0.1) is 13.2 Å². The SMILES string of the molecule is CCOc1cc(NC(=O)CCl)cc(OCC)c1. The third kappa shape index (κ3) is 4.53. The third-order valence-electron chi connectivity index (χ3n) is 1.91. The summed E-state index contributed by atoms with van der Waals surface area (Å²) in [6, 6.07) is 5.25. The van der Waals surface area contributed by atoms with Crippen molar-refractivity contribution in [3.63, 3.8) is 0 Å². The van der Waals surface area contributed by atoms with Gasteiger partial charge in [0.15, 0.2) is 0 Å². The first kappa shape index (κ1) is 13.6. The smallest absolute Gasteiger partial charge is 0.239 e. The fourth-order valence-electron chi connectivity index (χ4n) is 1.34. The molecule has 1 N–H and O–H groups in total. The normalized spacial score (nSPS) is 9.82. The van der Waals surface area contributed by atoms with Crippen molar-refractivity contribution in [2.45, 2.75) is 13.8 Å². The number of carbonyl (C=O) groups excluding carboxylic acids is 1. The van der Waals surface area contributed by atoms with Gasteiger partial charge in [0.25, 0.3) is 0 Å². The molecule has 0 spiro atoms. The molecule has 4 nitrogen and oxygen atoms in total. The van der Waals surface area contributed by atoms with Gasteiger partial charge in [0, 0.05) is 23.9 Å². The van der Waals surface area contributed by atoms with Gasteiger partial charge in [0.1, 0.15) is 17.4 Å². The van der Waals surface area contributed by atoms with E-state index in [9.17, 15) is 4.79 Å². The first-order valence-electron chi connectivity index (χ1n) is 5.46. The maximum absolute atomic E-state index is 11.2. The molecule has 0 bridgehead atoms. The second-order valence-electron chi connectivity index (χ2n) is 3.24. The van der Waals surface area contributed by atoms with Crippen LogP contribution >= 0.6 is 11.6 Å². The molecule has 17 heavy (non-hydrogen) atoms. The molecule has 0 atom stereocenters. The monoisotopic (exact) mass is 257 g/mol. The summed E-state index contributed by atoms with van der Waals surface area (Å²) in [4.78, 5) is 11.2. The number of alkyl halides is 1. The third-order valence-corrected chi connectivity index (χ3v) is 2.15. The van der Waals surface area contributed by atoms with Crippen LogP contribution in [0.2, 0.25) is 0 Å². The number of hydrogen-bond acceptors (Lipinski definition) is 3. The molecule has 0 radical (unpaired) electrons. The van der Waals surface area contributed by atoms with Crippen LogP contribution in [0.5, 0.6) is 11.5 Å². The number of ether oxygens (including phenoxy) is 2. The lowest BCUT2D eigenvalue weighted by atomic mass is 10.2. The molecule has 1 aromatic carbocycles. The quantitative estimate of drug-likeness (QED) is 0.797. The molecule has 1 amide bonds. The predicted molar refractivity (Wildman–Crippen MR) is 68.1 cm³/mol. The van der Waals surface area contributed by atoms with Gasteiger partial charge in [-0.2, -0.15) is 0 Å². The molecule has 0 aromatic heterocycles. The number of nitrogens with one attached hydrogen (secondary N) is 1. The van der Waals surface area contributed by atoms with Crippen LogP contribution in [-0.2, 0) is 4.79 Å². The second-order valence-corrected chi connectivity index (χ2v) is 3.51. The molecule has 0 unspecified atom stereocenters. The van der Waals surface area contributed by atoms with Gasteiger partial charge in [-0.3, -0.25) is 4.79 Å². The molecule has 1 rings (SSSR count). The summed E-state index contributed by atoms with van der Waals surface area (Å²) < 4.78 is 10.8. The van der Waals surface area contributed by atoms with Crippen molar-refractivity contribution in [2.75, 3.05) is 24.4 Å². The van der Waals surface area contributed by atoms with Crippen molar-refractivity contribution in [3.8, 4) is 11.5 Å². The van der Waals surface area contributed by atoms with Crippen LogP contribution in [-0.4, -0.2) is 25.0 Å². The molecule has 1 aromatic rings. The van der Waals surface area contributed by atoms with Crippen LogP contribution in [0.3, 0.4) is 0 Å². The maximum Gasteiger partial charge on any atom is 0.239 e. The zero-order chi connectivity index (χ0) is 12.7. The molecule has 0 fully saturated rings. The predicted octanol–water partition coefficient (Wildman–Crippen LogP) is 2.66. The minimum Gasteiger partial charge on any atom is -0.494 e. The van der Waals surface area contributed by atoms with E-state index in [2.05, 4.69) is 5.32 Å². The number of hydrogen-bond donors (Lipinski definition) is 1. The molecule has 5 heteroatoms. The van der Waals surface area contributed by atoms with Crippen LogP contribution in [0.4, 0.5) is 5.69 Å². The zero-order valence-electron chi connectivity index (χ0n) is 9.96. The summed E-state index contributed by atoms with van der Waals surface area (Å²) in [6.07, 6.45) is 0. The molecule has 0 aliphatic rings. The van der Waals surface area contributed by atoms with Crippen molar-refractivity contribution in [1.82, 2.24) is 0 Å². The van der Waals surface area contributed by atoms with Crippen LogP contribution in [0.25, 0.3) is 0 Å². The molecule has 0 saturated heterocycles. The summed E-state index contributed by atoms with van der Waals surface area (Å²) >= 11 is 5.43. The number of rotatable bonds is 6. The standard InChI is InChI=1S/C12H16ClNO3/c1-3-16-10-5-9(14-12(15)8-13)6-11(7-10)17-4-2/h5-7H,3-4,8H2,1-2H3,(H,14,15). The van der Waals surface area contributed by atoms with Gasteiger partial charge in [-0.05, 0) is 13.8 Å². The second kappa shape index (κ2) is 7.01. The minimum absolute atomic E-state index is 0.0805. The van der Waals surface area contributed by atoms with Crippen LogP contribution < -0.4 is 14.8 Å². The van der Waals surface area contributed by atoms with Gasteiger partial charge < -0.3 is 14.8 Å². The molecular formula is C12H16ClNO3. The Balaban J connectivity index is 2.90. The molecule has 0 heterocycles. The molecule has 0 aliphatic carbocycles. The summed E-state index contributed by atoms with van der Waals surface area (Å²) in [5, 5.41) is 2.66. The summed E-state index contributed by atoms with van der Waals surface area (Å²) in [6.45, 7) is 4.89. The number of benzene rings is 1. The van der Waals surface area contributed by atoms with Gasteiger partial charge in [-0.1, -0.05) is 0 Å². The highest BCUT2D eigenvalue weighted by Gasteiger charge is 2.05. The Hall–Kier alpha value is -1.42. The number of amides is 1. The Morgan fingerprint density at radius 1 is 1.18 bits per heavy atom. The van der Waals surface area contributed by atoms with Gasteiger partial charge in [0.2, 0.25) is 5.91 Å². The van der Waals surface area contributed by atoms with Crippen LogP contribution in [0.1, 0.15) is 13.8 Å². The highest BCUT2D eigenvalue weighted by atomic mass is 35.5. The van der Waals surface area contributed by atoms with Crippen molar-refractivity contribution in [3.05, 3.63) is 18.2 Å². The Bertz CT molecular complexity index is 358. The van der Waals surface area contributed by atoms with E-state index >= 15 is 0 Å². The van der Waals surface area contributed by atoms with Crippen molar-refractivity contribution >= 4 is 23.2 Å². The summed E-state index contributed by atoms with van der Waals surface area (Å²) in [5.41, 5.74) is 0.616. The molecular weight excluding hydrogens is 242 g/mol. The first-order valence-corrected chi connectivity index (χ1v) is 5.99. The van der Waals surface area contributed by atoms with E-state index in [1.54, 1.807) is 18.2 Å². The number of carbonyl (C=O) groups is 1. The highest BCUT2D eigenvalue weighted by Crippen LogP contribution is 2.26. The maximum atomic E-state index is 11.2. The lowest BCUT2D eigenvalue weighted by Gasteiger charge is -2.11. The van der Waals surface area contributed by atoms with Crippen molar-refractivity contribution < 1.29 is 14.3 Å². The van der Waals surface area contributed by atoms with Gasteiger partial charge >= 0.3 is 0 Å². The van der Waals surface area contributed by atoms with E-state index in [1.165, 1.54) is 0 Å². The van der Waals surface area contributed by atoms with Crippen molar-refractivity contribution in [1.29, 1.82) is 0 Å². The van der Waals surface area contributed by atoms with E-state index in [0.29, 0.717) is 30.4 Å². The molecule has 0 aliphatic heterocycles. The van der Waals surface area contributed by atoms with E-state index in [0.717, 1.165) is 0 Å². The van der Waals surface area contributed by atoms with Gasteiger partial charge in [-0.25, -0.2) is 0 Å². The van der Waals surface area contributed by atoms with E-state index in [1.807, 2.05) is 13.8 Å². The molecule has 94 valence electrons. The Kier molecular flexibility index (Phi) is 5.63. The number of halogens is 1. The Labute approximate surface area is 106 Å². The summed E-state index contributed by atoms with van der Waals surface area (Å²) in [5.74, 6) is 0.970. The Morgan fingerprint density at radius 2 is 1.71 bits per heavy atom. The zero-order valence-corrected chi connectivity index (χ0v) is 10.7. The van der Waals surface area contributed by atoms with Gasteiger partial charge in [-0.15, -0.1) is 11.6 Å².